The van der Waals surface area contributed by atoms with Gasteiger partial charge in [-0.05, 0) is 36.2 Å². The van der Waals surface area contributed by atoms with Crippen molar-refractivity contribution in [3.8, 4) is 5.75 Å². The molecule has 0 spiro atoms. The Morgan fingerprint density at radius 2 is 1.96 bits per heavy atom. The molecule has 0 saturated carbocycles. The fraction of sp³-hybridized carbons (Fsp3) is 0.350. The molecule has 0 unspecified atom stereocenters. The van der Waals surface area contributed by atoms with Crippen LogP contribution >= 0.6 is 11.8 Å². The van der Waals surface area contributed by atoms with E-state index in [1.807, 2.05) is 36.0 Å². The normalized spacial score (nSPS) is 13.2. The number of anilines is 1. The first-order valence-corrected chi connectivity index (χ1v) is 9.67. The number of aryl methyl sites for hydroxylation is 1. The third kappa shape index (κ3) is 5.16. The van der Waals surface area contributed by atoms with Crippen LogP contribution in [0.25, 0.3) is 0 Å². The number of nitrogens with zero attached hydrogens (tertiary/aromatic N) is 1. The van der Waals surface area contributed by atoms with Crippen LogP contribution in [-0.4, -0.2) is 38.5 Å². The van der Waals surface area contributed by atoms with E-state index in [1.165, 1.54) is 17.7 Å². The average molecular weight is 373 g/mol. The van der Waals surface area contributed by atoms with Crippen LogP contribution in [-0.2, 0) is 21.0 Å². The molecule has 0 aliphatic carbocycles. The van der Waals surface area contributed by atoms with Gasteiger partial charge in [0.2, 0.25) is 0 Å². The Kier molecular flexibility index (Phi) is 6.80. The van der Waals surface area contributed by atoms with Gasteiger partial charge >= 0.3 is 5.97 Å². The summed E-state index contributed by atoms with van der Waals surface area (Å²) in [6.07, 6.45) is 0.908. The number of hydrogen-bond acceptors (Lipinski definition) is 6. The number of para-hydroxylation sites is 1. The van der Waals surface area contributed by atoms with E-state index >= 15 is 0 Å². The molecule has 3 rings (SSSR count). The third-order valence-electron chi connectivity index (χ3n) is 4.17. The molecule has 1 aliphatic rings. The molecule has 138 valence electrons. The summed E-state index contributed by atoms with van der Waals surface area (Å²) in [7, 11) is 1.32. The molecule has 0 fully saturated rings. The van der Waals surface area contributed by atoms with Gasteiger partial charge in [0.1, 0.15) is 12.4 Å². The second-order valence-corrected chi connectivity index (χ2v) is 7.05. The summed E-state index contributed by atoms with van der Waals surface area (Å²) in [5.41, 5.74) is 2.36. The number of thioether (sulfide) groups is 1. The Labute approximate surface area is 158 Å². The number of ether oxygens (including phenoxy) is 1. The molecule has 0 atom stereocenters. The fourth-order valence-electron chi connectivity index (χ4n) is 2.87. The highest BCUT2D eigenvalue weighted by Gasteiger charge is 2.16. The maximum absolute atomic E-state index is 11.3. The highest BCUT2D eigenvalue weighted by molar-refractivity contribution is 7.99. The van der Waals surface area contributed by atoms with Crippen LogP contribution in [0.3, 0.4) is 0 Å². The van der Waals surface area contributed by atoms with Crippen LogP contribution in [0.5, 0.6) is 5.75 Å². The van der Waals surface area contributed by atoms with Crippen molar-refractivity contribution in [3.05, 3.63) is 54.1 Å². The summed E-state index contributed by atoms with van der Waals surface area (Å²) in [6, 6.07) is 16.3. The molecule has 1 heterocycles. The van der Waals surface area contributed by atoms with Gasteiger partial charge in [-0.2, -0.15) is 4.89 Å². The molecule has 0 amide bonds. The quantitative estimate of drug-likeness (QED) is 0.519. The van der Waals surface area contributed by atoms with Crippen molar-refractivity contribution >= 4 is 23.4 Å². The van der Waals surface area contributed by atoms with E-state index < -0.39 is 0 Å². The van der Waals surface area contributed by atoms with Gasteiger partial charge in [0.25, 0.3) is 0 Å². The van der Waals surface area contributed by atoms with Crippen LogP contribution in [0.1, 0.15) is 12.0 Å². The van der Waals surface area contributed by atoms with Crippen LogP contribution in [0, 0.1) is 0 Å². The lowest BCUT2D eigenvalue weighted by molar-refractivity contribution is -0.254. The minimum Gasteiger partial charge on any atom is -0.492 e. The Morgan fingerprint density at radius 1 is 1.15 bits per heavy atom. The Balaban J connectivity index is 1.45. The molecular weight excluding hydrogens is 350 g/mol. The Morgan fingerprint density at radius 3 is 2.77 bits per heavy atom. The number of rotatable bonds is 8. The maximum atomic E-state index is 11.3. The van der Waals surface area contributed by atoms with Crippen molar-refractivity contribution in [2.75, 3.05) is 37.5 Å². The summed E-state index contributed by atoms with van der Waals surface area (Å²) in [5.74, 6) is 1.58. The number of carbonyl (C=O) groups excluding carboxylic acids is 1. The number of hydrogen-bond donors (Lipinski definition) is 0. The molecule has 0 aromatic heterocycles. The summed E-state index contributed by atoms with van der Waals surface area (Å²) in [6.45, 7) is 2.54. The van der Waals surface area contributed by atoms with Crippen molar-refractivity contribution in [2.45, 2.75) is 17.7 Å². The average Bonchev–Trinajstić information content (AvgIpc) is 2.68. The highest BCUT2D eigenvalue weighted by atomic mass is 32.2. The van der Waals surface area contributed by atoms with Crippen molar-refractivity contribution in [1.82, 2.24) is 0 Å². The van der Waals surface area contributed by atoms with Gasteiger partial charge in [-0.1, -0.05) is 24.3 Å². The molecule has 6 heteroatoms. The van der Waals surface area contributed by atoms with E-state index in [1.54, 1.807) is 0 Å². The summed E-state index contributed by atoms with van der Waals surface area (Å²) >= 11 is 1.91. The molecular formula is C20H23NO4S. The first-order valence-electron chi connectivity index (χ1n) is 8.68. The van der Waals surface area contributed by atoms with E-state index in [0.29, 0.717) is 19.4 Å². The molecule has 2 aromatic carbocycles. The second kappa shape index (κ2) is 9.50. The molecule has 2 aromatic rings. The first-order chi connectivity index (χ1) is 12.8. The van der Waals surface area contributed by atoms with Crippen molar-refractivity contribution < 1.29 is 19.3 Å². The SMILES string of the molecule is COOC(=O)CCc1ccc(OCCN2CCSc3ccccc32)cc1. The first kappa shape index (κ1) is 18.6. The molecule has 26 heavy (non-hydrogen) atoms. The molecule has 0 N–H and O–H groups in total. The Bertz CT molecular complexity index is 720. The monoisotopic (exact) mass is 373 g/mol. The zero-order valence-corrected chi connectivity index (χ0v) is 15.7. The lowest BCUT2D eigenvalue weighted by Crippen LogP contribution is -2.33. The smallest absolute Gasteiger partial charge is 0.342 e. The number of carbonyl (C=O) groups is 1. The van der Waals surface area contributed by atoms with Gasteiger partial charge in [0.15, 0.2) is 0 Å². The second-order valence-electron chi connectivity index (χ2n) is 5.92. The van der Waals surface area contributed by atoms with E-state index in [2.05, 4.69) is 38.9 Å². The largest absolute Gasteiger partial charge is 0.492 e. The predicted octanol–water partition coefficient (Wildman–Crippen LogP) is 3.71. The van der Waals surface area contributed by atoms with Crippen LogP contribution < -0.4 is 9.64 Å². The van der Waals surface area contributed by atoms with Gasteiger partial charge in [-0.25, -0.2) is 4.79 Å². The van der Waals surface area contributed by atoms with Gasteiger partial charge in [-0.15, -0.1) is 11.8 Å². The van der Waals surface area contributed by atoms with E-state index in [0.717, 1.165) is 30.2 Å². The van der Waals surface area contributed by atoms with Gasteiger partial charge in [0.05, 0.1) is 25.8 Å². The van der Waals surface area contributed by atoms with Crippen molar-refractivity contribution in [3.63, 3.8) is 0 Å². The lowest BCUT2D eigenvalue weighted by atomic mass is 10.1. The molecule has 5 nitrogen and oxygen atoms in total. The van der Waals surface area contributed by atoms with Gasteiger partial charge < -0.3 is 9.64 Å². The van der Waals surface area contributed by atoms with Gasteiger partial charge in [0, 0.05) is 17.2 Å². The standard InChI is InChI=1S/C20H23NO4S/c1-23-25-20(22)11-8-16-6-9-17(10-7-16)24-14-12-21-13-15-26-19-5-3-2-4-18(19)21/h2-7,9-10H,8,11-15H2,1H3. The van der Waals surface area contributed by atoms with Crippen LogP contribution in [0.15, 0.2) is 53.4 Å². The predicted molar refractivity (Wildman–Crippen MR) is 103 cm³/mol. The highest BCUT2D eigenvalue weighted by Crippen LogP contribution is 2.33. The summed E-state index contributed by atoms with van der Waals surface area (Å²) in [4.78, 5) is 23.8. The van der Waals surface area contributed by atoms with E-state index in [4.69, 9.17) is 4.74 Å². The fourth-order valence-corrected chi connectivity index (χ4v) is 3.92. The number of benzene rings is 2. The minimum atomic E-state index is -0.368. The van der Waals surface area contributed by atoms with E-state index in [-0.39, 0.29) is 5.97 Å². The van der Waals surface area contributed by atoms with Crippen molar-refractivity contribution in [1.29, 1.82) is 0 Å². The summed E-state index contributed by atoms with van der Waals surface area (Å²) < 4.78 is 5.88. The molecule has 0 radical (unpaired) electrons. The number of fused-ring (bicyclic) bond motifs is 1. The van der Waals surface area contributed by atoms with Crippen LogP contribution in [0.4, 0.5) is 5.69 Å². The Hall–Kier alpha value is -2.18. The topological polar surface area (TPSA) is 48.0 Å². The molecule has 1 aliphatic heterocycles. The summed E-state index contributed by atoms with van der Waals surface area (Å²) in [5, 5.41) is 0. The third-order valence-corrected chi connectivity index (χ3v) is 5.22. The zero-order valence-electron chi connectivity index (χ0n) is 14.8. The maximum Gasteiger partial charge on any atom is 0.342 e. The minimum absolute atomic E-state index is 0.292. The molecule has 0 bridgehead atoms. The molecule has 0 saturated heterocycles. The van der Waals surface area contributed by atoms with E-state index in [9.17, 15) is 4.79 Å². The lowest BCUT2D eigenvalue weighted by Gasteiger charge is -2.30. The van der Waals surface area contributed by atoms with Gasteiger partial charge in [-0.3, -0.25) is 4.89 Å². The van der Waals surface area contributed by atoms with Crippen LogP contribution in [0.2, 0.25) is 0 Å². The van der Waals surface area contributed by atoms with Crippen molar-refractivity contribution in [2.24, 2.45) is 0 Å². The zero-order chi connectivity index (χ0) is 18.2.